The zero-order valence-corrected chi connectivity index (χ0v) is 16.3. The van der Waals surface area contributed by atoms with Crippen molar-refractivity contribution in [3.05, 3.63) is 54.0 Å². The standard InChI is InChI=1S/C20H25N5O4/c1-21-20(23-9-8-22-18(27)15-4-6-16(26)7-5-15)25-12-10-24(11-13-25)19(28)17-3-2-14-29-17/h2-7,14,26H,8-13H2,1H3,(H,21,23)(H,22,27). The van der Waals surface area contributed by atoms with Gasteiger partial charge in [0.05, 0.1) is 6.26 Å². The molecule has 1 aromatic heterocycles. The Labute approximate surface area is 169 Å². The van der Waals surface area contributed by atoms with Gasteiger partial charge in [0, 0.05) is 51.9 Å². The van der Waals surface area contributed by atoms with Gasteiger partial charge in [0.15, 0.2) is 11.7 Å². The predicted octanol–water partition coefficient (Wildman–Crippen LogP) is 0.748. The van der Waals surface area contributed by atoms with Crippen LogP contribution in [0.3, 0.4) is 0 Å². The Morgan fingerprint density at radius 2 is 1.69 bits per heavy atom. The molecule has 2 amide bonds. The van der Waals surface area contributed by atoms with E-state index in [9.17, 15) is 14.7 Å². The fourth-order valence-electron chi connectivity index (χ4n) is 3.07. The summed E-state index contributed by atoms with van der Waals surface area (Å²) in [5.41, 5.74) is 0.490. The largest absolute Gasteiger partial charge is 0.508 e. The molecule has 0 spiro atoms. The van der Waals surface area contributed by atoms with Gasteiger partial charge >= 0.3 is 0 Å². The summed E-state index contributed by atoms with van der Waals surface area (Å²) in [6, 6.07) is 9.47. The van der Waals surface area contributed by atoms with E-state index >= 15 is 0 Å². The first-order valence-corrected chi connectivity index (χ1v) is 9.44. The molecule has 0 unspecified atom stereocenters. The number of guanidine groups is 1. The number of carbonyl (C=O) groups is 2. The molecule has 0 aliphatic carbocycles. The molecule has 0 bridgehead atoms. The third-order valence-electron chi connectivity index (χ3n) is 4.63. The van der Waals surface area contributed by atoms with Crippen LogP contribution in [0, 0.1) is 0 Å². The van der Waals surface area contributed by atoms with Crippen molar-refractivity contribution in [2.24, 2.45) is 4.99 Å². The molecule has 29 heavy (non-hydrogen) atoms. The predicted molar refractivity (Wildman–Crippen MR) is 108 cm³/mol. The number of furan rings is 1. The molecule has 2 heterocycles. The fraction of sp³-hybridized carbons (Fsp3) is 0.350. The highest BCUT2D eigenvalue weighted by Crippen LogP contribution is 2.10. The number of hydrogen-bond donors (Lipinski definition) is 3. The van der Waals surface area contributed by atoms with E-state index in [0.29, 0.717) is 50.6 Å². The van der Waals surface area contributed by atoms with Gasteiger partial charge in [-0.2, -0.15) is 0 Å². The summed E-state index contributed by atoms with van der Waals surface area (Å²) >= 11 is 0. The van der Waals surface area contributed by atoms with E-state index in [1.807, 2.05) is 0 Å². The second-order valence-electron chi connectivity index (χ2n) is 6.53. The zero-order chi connectivity index (χ0) is 20.6. The van der Waals surface area contributed by atoms with Crippen molar-refractivity contribution in [2.75, 3.05) is 46.3 Å². The number of amides is 2. The Balaban J connectivity index is 1.40. The highest BCUT2D eigenvalue weighted by Gasteiger charge is 2.25. The summed E-state index contributed by atoms with van der Waals surface area (Å²) in [6.07, 6.45) is 1.50. The van der Waals surface area contributed by atoms with E-state index in [1.165, 1.54) is 18.4 Å². The van der Waals surface area contributed by atoms with Crippen LogP contribution in [-0.4, -0.2) is 79.0 Å². The van der Waals surface area contributed by atoms with E-state index in [0.717, 1.165) is 5.96 Å². The van der Waals surface area contributed by atoms with Crippen molar-refractivity contribution in [2.45, 2.75) is 0 Å². The molecule has 154 valence electrons. The number of nitrogens with one attached hydrogen (secondary N) is 2. The van der Waals surface area contributed by atoms with Crippen LogP contribution in [0.2, 0.25) is 0 Å². The van der Waals surface area contributed by atoms with Crippen LogP contribution in [0.4, 0.5) is 0 Å². The molecule has 1 saturated heterocycles. The molecule has 9 nitrogen and oxygen atoms in total. The van der Waals surface area contributed by atoms with E-state index < -0.39 is 0 Å². The van der Waals surface area contributed by atoms with Crippen LogP contribution in [-0.2, 0) is 0 Å². The third kappa shape index (κ3) is 5.28. The van der Waals surface area contributed by atoms with Crippen LogP contribution in [0.5, 0.6) is 5.75 Å². The van der Waals surface area contributed by atoms with Crippen molar-refractivity contribution in [3.8, 4) is 5.75 Å². The molecular formula is C20H25N5O4. The second kappa shape index (κ2) is 9.63. The fourth-order valence-corrected chi connectivity index (χ4v) is 3.07. The number of nitrogens with zero attached hydrogens (tertiary/aromatic N) is 3. The Bertz CT molecular complexity index is 840. The maximum Gasteiger partial charge on any atom is 0.289 e. The van der Waals surface area contributed by atoms with Crippen molar-refractivity contribution >= 4 is 17.8 Å². The molecule has 0 saturated carbocycles. The van der Waals surface area contributed by atoms with Gasteiger partial charge < -0.3 is 30.0 Å². The molecule has 1 aliphatic heterocycles. The molecule has 3 N–H and O–H groups in total. The molecular weight excluding hydrogens is 374 g/mol. The summed E-state index contributed by atoms with van der Waals surface area (Å²) in [5, 5.41) is 15.3. The maximum absolute atomic E-state index is 12.3. The van der Waals surface area contributed by atoms with Gasteiger partial charge in [-0.1, -0.05) is 0 Å². The average molecular weight is 399 g/mol. The number of aliphatic imine (C=N–C) groups is 1. The lowest BCUT2D eigenvalue weighted by molar-refractivity contribution is 0.0657. The molecule has 9 heteroatoms. The number of rotatable bonds is 5. The van der Waals surface area contributed by atoms with Gasteiger partial charge in [-0.3, -0.25) is 14.6 Å². The van der Waals surface area contributed by atoms with Crippen molar-refractivity contribution < 1.29 is 19.1 Å². The number of phenols is 1. The minimum Gasteiger partial charge on any atom is -0.508 e. The first kappa shape index (κ1) is 20.2. The molecule has 1 fully saturated rings. The van der Waals surface area contributed by atoms with Gasteiger partial charge in [0.25, 0.3) is 11.8 Å². The summed E-state index contributed by atoms with van der Waals surface area (Å²) in [4.78, 5) is 32.5. The van der Waals surface area contributed by atoms with Crippen molar-refractivity contribution in [1.82, 2.24) is 20.4 Å². The van der Waals surface area contributed by atoms with Gasteiger partial charge in [-0.25, -0.2) is 0 Å². The first-order valence-electron chi connectivity index (χ1n) is 9.44. The first-order chi connectivity index (χ1) is 14.1. The molecule has 1 aromatic carbocycles. The van der Waals surface area contributed by atoms with Crippen LogP contribution >= 0.6 is 0 Å². The minimum atomic E-state index is -0.202. The smallest absolute Gasteiger partial charge is 0.289 e. The zero-order valence-electron chi connectivity index (χ0n) is 16.3. The van der Waals surface area contributed by atoms with Crippen LogP contribution in [0.25, 0.3) is 0 Å². The highest BCUT2D eigenvalue weighted by molar-refractivity contribution is 5.94. The van der Waals surface area contributed by atoms with Gasteiger partial charge in [0.2, 0.25) is 0 Å². The van der Waals surface area contributed by atoms with Crippen LogP contribution in [0.15, 0.2) is 52.1 Å². The van der Waals surface area contributed by atoms with E-state index in [1.54, 1.807) is 36.2 Å². The summed E-state index contributed by atoms with van der Waals surface area (Å²) in [5.74, 6) is 0.902. The summed E-state index contributed by atoms with van der Waals surface area (Å²) in [7, 11) is 1.71. The summed E-state index contributed by atoms with van der Waals surface area (Å²) < 4.78 is 5.18. The number of piperazine rings is 1. The van der Waals surface area contributed by atoms with Crippen molar-refractivity contribution in [3.63, 3.8) is 0 Å². The number of benzene rings is 1. The second-order valence-corrected chi connectivity index (χ2v) is 6.53. The molecule has 0 atom stereocenters. The monoisotopic (exact) mass is 399 g/mol. The molecule has 0 radical (unpaired) electrons. The topological polar surface area (TPSA) is 110 Å². The van der Waals surface area contributed by atoms with Gasteiger partial charge in [0.1, 0.15) is 5.75 Å². The van der Waals surface area contributed by atoms with E-state index in [2.05, 4.69) is 20.5 Å². The average Bonchev–Trinajstić information content (AvgIpc) is 3.29. The molecule has 2 aromatic rings. The highest BCUT2D eigenvalue weighted by atomic mass is 16.3. The Kier molecular flexibility index (Phi) is 6.72. The number of carbonyl (C=O) groups excluding carboxylic acids is 2. The van der Waals surface area contributed by atoms with Crippen LogP contribution in [0.1, 0.15) is 20.9 Å². The van der Waals surface area contributed by atoms with E-state index in [4.69, 9.17) is 4.42 Å². The molecule has 1 aliphatic rings. The Morgan fingerprint density at radius 3 is 2.31 bits per heavy atom. The minimum absolute atomic E-state index is 0.102. The van der Waals surface area contributed by atoms with Crippen LogP contribution < -0.4 is 10.6 Å². The third-order valence-corrected chi connectivity index (χ3v) is 4.63. The van der Waals surface area contributed by atoms with Gasteiger partial charge in [-0.05, 0) is 36.4 Å². The number of aromatic hydroxyl groups is 1. The quantitative estimate of drug-likeness (QED) is 0.389. The number of hydrogen-bond acceptors (Lipinski definition) is 5. The lowest BCUT2D eigenvalue weighted by Gasteiger charge is -2.36. The van der Waals surface area contributed by atoms with Crippen molar-refractivity contribution in [1.29, 1.82) is 0 Å². The lowest BCUT2D eigenvalue weighted by Crippen LogP contribution is -2.54. The SMILES string of the molecule is CN=C(NCCNC(=O)c1ccc(O)cc1)N1CCN(C(=O)c2ccco2)CC1. The maximum atomic E-state index is 12.3. The normalized spacial score (nSPS) is 14.6. The van der Waals surface area contributed by atoms with E-state index in [-0.39, 0.29) is 17.6 Å². The Morgan fingerprint density at radius 1 is 1.03 bits per heavy atom. The lowest BCUT2D eigenvalue weighted by atomic mass is 10.2. The number of phenolic OH excluding ortho intramolecular Hbond substituents is 1. The van der Waals surface area contributed by atoms with Gasteiger partial charge in [-0.15, -0.1) is 0 Å². The Hall–Kier alpha value is -3.49. The molecule has 3 rings (SSSR count). The summed E-state index contributed by atoms with van der Waals surface area (Å²) in [6.45, 7) is 3.42.